The number of nitrogens with one attached hydrogen (secondary N) is 1. The van der Waals surface area contributed by atoms with Gasteiger partial charge >= 0.3 is 0 Å². The first-order valence-electron chi connectivity index (χ1n) is 5.45. The molecule has 12 heavy (non-hydrogen) atoms. The summed E-state index contributed by atoms with van der Waals surface area (Å²) in [6.45, 7) is 4.65. The van der Waals surface area contributed by atoms with Gasteiger partial charge in [0.25, 0.3) is 0 Å². The maximum atomic E-state index is 3.47. The van der Waals surface area contributed by atoms with E-state index in [1.54, 1.807) is 0 Å². The van der Waals surface area contributed by atoms with Gasteiger partial charge in [-0.25, -0.2) is 0 Å². The predicted octanol–water partition coefficient (Wildman–Crippen LogP) is 2.81. The molecule has 1 rings (SSSR count). The molecule has 0 aromatic rings. The lowest BCUT2D eigenvalue weighted by Crippen LogP contribution is -2.38. The summed E-state index contributed by atoms with van der Waals surface area (Å²) in [5.74, 6) is 1.88. The molecule has 1 nitrogen and oxygen atoms in total. The Hall–Kier alpha value is -0.0400. The van der Waals surface area contributed by atoms with Gasteiger partial charge < -0.3 is 5.32 Å². The van der Waals surface area contributed by atoms with Crippen molar-refractivity contribution in [2.75, 3.05) is 7.05 Å². The Morgan fingerprint density at radius 2 is 2.08 bits per heavy atom. The molecule has 2 unspecified atom stereocenters. The van der Waals surface area contributed by atoms with Crippen LogP contribution in [0.1, 0.15) is 46.0 Å². The van der Waals surface area contributed by atoms with Crippen LogP contribution in [-0.4, -0.2) is 13.1 Å². The van der Waals surface area contributed by atoms with Crippen molar-refractivity contribution in [3.05, 3.63) is 0 Å². The minimum atomic E-state index is 0.800. The summed E-state index contributed by atoms with van der Waals surface area (Å²) in [7, 11) is 2.12. The zero-order valence-corrected chi connectivity index (χ0v) is 8.77. The first-order valence-corrected chi connectivity index (χ1v) is 5.45. The lowest BCUT2D eigenvalue weighted by Gasteiger charge is -2.35. The standard InChI is InChI=1S/C11H23N/c1-4-9(2)8-11(12-3)10-6-5-7-10/h9-12H,4-8H2,1-3H3. The van der Waals surface area contributed by atoms with Crippen LogP contribution >= 0.6 is 0 Å². The number of hydrogen-bond donors (Lipinski definition) is 1. The molecule has 0 aliphatic heterocycles. The van der Waals surface area contributed by atoms with Crippen molar-refractivity contribution in [2.45, 2.75) is 52.0 Å². The molecule has 0 aromatic heterocycles. The first-order chi connectivity index (χ1) is 5.77. The van der Waals surface area contributed by atoms with E-state index < -0.39 is 0 Å². The fraction of sp³-hybridized carbons (Fsp3) is 1.00. The van der Waals surface area contributed by atoms with Gasteiger partial charge in [0.05, 0.1) is 0 Å². The van der Waals surface area contributed by atoms with Gasteiger partial charge in [-0.05, 0) is 38.1 Å². The summed E-state index contributed by atoms with van der Waals surface area (Å²) >= 11 is 0. The zero-order valence-electron chi connectivity index (χ0n) is 8.77. The molecular formula is C11H23N. The van der Waals surface area contributed by atoms with Crippen LogP contribution in [-0.2, 0) is 0 Å². The topological polar surface area (TPSA) is 12.0 Å². The lowest BCUT2D eigenvalue weighted by molar-refractivity contribution is 0.209. The Morgan fingerprint density at radius 3 is 2.42 bits per heavy atom. The van der Waals surface area contributed by atoms with Crippen LogP contribution in [0.5, 0.6) is 0 Å². The smallest absolute Gasteiger partial charge is 0.00948 e. The maximum absolute atomic E-state index is 3.47. The van der Waals surface area contributed by atoms with E-state index in [-0.39, 0.29) is 0 Å². The molecule has 1 N–H and O–H groups in total. The molecule has 0 amide bonds. The van der Waals surface area contributed by atoms with E-state index in [0.29, 0.717) is 0 Å². The third-order valence-electron chi connectivity index (χ3n) is 3.44. The highest BCUT2D eigenvalue weighted by Gasteiger charge is 2.26. The van der Waals surface area contributed by atoms with Crippen LogP contribution in [0, 0.1) is 11.8 Å². The van der Waals surface area contributed by atoms with Crippen molar-refractivity contribution in [2.24, 2.45) is 11.8 Å². The second-order valence-electron chi connectivity index (χ2n) is 4.34. The SMILES string of the molecule is CCC(C)CC(NC)C1CCC1. The molecule has 0 aromatic carbocycles. The monoisotopic (exact) mass is 169 g/mol. The summed E-state index contributed by atoms with van der Waals surface area (Å²) < 4.78 is 0. The summed E-state index contributed by atoms with van der Waals surface area (Å²) in [5, 5.41) is 3.47. The highest BCUT2D eigenvalue weighted by Crippen LogP contribution is 2.32. The van der Waals surface area contributed by atoms with Gasteiger partial charge in [0, 0.05) is 6.04 Å². The van der Waals surface area contributed by atoms with Crippen molar-refractivity contribution >= 4 is 0 Å². The second kappa shape index (κ2) is 4.86. The number of hydrogen-bond acceptors (Lipinski definition) is 1. The van der Waals surface area contributed by atoms with E-state index in [4.69, 9.17) is 0 Å². The van der Waals surface area contributed by atoms with Crippen molar-refractivity contribution in [1.82, 2.24) is 5.32 Å². The third kappa shape index (κ3) is 2.48. The first kappa shape index (κ1) is 10.0. The van der Waals surface area contributed by atoms with Gasteiger partial charge in [0.15, 0.2) is 0 Å². The van der Waals surface area contributed by atoms with Crippen LogP contribution in [0.2, 0.25) is 0 Å². The molecule has 72 valence electrons. The fourth-order valence-corrected chi connectivity index (χ4v) is 1.99. The van der Waals surface area contributed by atoms with Crippen molar-refractivity contribution in [1.29, 1.82) is 0 Å². The van der Waals surface area contributed by atoms with E-state index in [9.17, 15) is 0 Å². The largest absolute Gasteiger partial charge is 0.317 e. The Kier molecular flexibility index (Phi) is 4.07. The molecule has 0 saturated heterocycles. The van der Waals surface area contributed by atoms with Crippen LogP contribution < -0.4 is 5.32 Å². The van der Waals surface area contributed by atoms with Crippen molar-refractivity contribution in [3.8, 4) is 0 Å². The Morgan fingerprint density at radius 1 is 1.42 bits per heavy atom. The molecule has 0 radical (unpaired) electrons. The van der Waals surface area contributed by atoms with Crippen LogP contribution in [0.3, 0.4) is 0 Å². The highest BCUT2D eigenvalue weighted by atomic mass is 14.9. The minimum Gasteiger partial charge on any atom is -0.317 e. The average Bonchev–Trinajstić information content (AvgIpc) is 1.99. The third-order valence-corrected chi connectivity index (χ3v) is 3.44. The van der Waals surface area contributed by atoms with E-state index in [1.165, 1.54) is 32.1 Å². The molecular weight excluding hydrogens is 146 g/mol. The van der Waals surface area contributed by atoms with Crippen LogP contribution in [0.4, 0.5) is 0 Å². The molecule has 0 heterocycles. The number of rotatable bonds is 5. The quantitative estimate of drug-likeness (QED) is 0.667. The van der Waals surface area contributed by atoms with Gasteiger partial charge in [-0.15, -0.1) is 0 Å². The summed E-state index contributed by atoms with van der Waals surface area (Å²) in [6.07, 6.45) is 7.08. The van der Waals surface area contributed by atoms with E-state index in [1.807, 2.05) is 0 Å². The maximum Gasteiger partial charge on any atom is 0.00948 e. The molecule has 0 spiro atoms. The summed E-state index contributed by atoms with van der Waals surface area (Å²) in [6, 6.07) is 0.800. The fourth-order valence-electron chi connectivity index (χ4n) is 1.99. The molecule has 1 heteroatoms. The van der Waals surface area contributed by atoms with Gasteiger partial charge in [0.2, 0.25) is 0 Å². The van der Waals surface area contributed by atoms with Crippen LogP contribution in [0.25, 0.3) is 0 Å². The van der Waals surface area contributed by atoms with E-state index >= 15 is 0 Å². The second-order valence-corrected chi connectivity index (χ2v) is 4.34. The molecule has 1 fully saturated rings. The van der Waals surface area contributed by atoms with Gasteiger partial charge in [-0.1, -0.05) is 26.7 Å². The zero-order chi connectivity index (χ0) is 8.97. The molecule has 2 atom stereocenters. The molecule has 1 aliphatic rings. The summed E-state index contributed by atoms with van der Waals surface area (Å²) in [5.41, 5.74) is 0. The van der Waals surface area contributed by atoms with Crippen molar-refractivity contribution in [3.63, 3.8) is 0 Å². The molecule has 1 aliphatic carbocycles. The normalized spacial score (nSPS) is 23.2. The van der Waals surface area contributed by atoms with E-state index in [2.05, 4.69) is 26.2 Å². The molecule has 1 saturated carbocycles. The predicted molar refractivity (Wildman–Crippen MR) is 54.3 cm³/mol. The Labute approximate surface area is 76.9 Å². The Bertz CT molecular complexity index is 118. The Balaban J connectivity index is 2.24. The molecule has 0 bridgehead atoms. The van der Waals surface area contributed by atoms with Gasteiger partial charge in [-0.2, -0.15) is 0 Å². The minimum absolute atomic E-state index is 0.800. The van der Waals surface area contributed by atoms with Crippen molar-refractivity contribution < 1.29 is 0 Å². The lowest BCUT2D eigenvalue weighted by atomic mass is 9.76. The average molecular weight is 169 g/mol. The van der Waals surface area contributed by atoms with Gasteiger partial charge in [0.1, 0.15) is 0 Å². The van der Waals surface area contributed by atoms with E-state index in [0.717, 1.165) is 17.9 Å². The van der Waals surface area contributed by atoms with Gasteiger partial charge in [-0.3, -0.25) is 0 Å². The summed E-state index contributed by atoms with van der Waals surface area (Å²) in [4.78, 5) is 0. The highest BCUT2D eigenvalue weighted by molar-refractivity contribution is 4.82. The van der Waals surface area contributed by atoms with Crippen LogP contribution in [0.15, 0.2) is 0 Å².